The van der Waals surface area contributed by atoms with Crippen LogP contribution in [0.25, 0.3) is 0 Å². The molecule has 1 aliphatic rings. The van der Waals surface area contributed by atoms with Gasteiger partial charge in [0.15, 0.2) is 0 Å². The number of amides is 1. The fourth-order valence-electron chi connectivity index (χ4n) is 3.54. The first-order valence-corrected chi connectivity index (χ1v) is 9.06. The van der Waals surface area contributed by atoms with Gasteiger partial charge in [-0.05, 0) is 19.3 Å². The van der Waals surface area contributed by atoms with Crippen molar-refractivity contribution in [2.45, 2.75) is 45.1 Å². The van der Waals surface area contributed by atoms with Crippen LogP contribution in [0, 0.1) is 0 Å². The Morgan fingerprint density at radius 1 is 1.48 bits per heavy atom. The molecule has 1 saturated heterocycles. The third-order valence-corrected chi connectivity index (χ3v) is 4.81. The van der Waals surface area contributed by atoms with Crippen LogP contribution in [-0.2, 0) is 17.7 Å². The average molecular weight is 345 g/mol. The Balaban J connectivity index is 1.72. The highest BCUT2D eigenvalue weighted by Gasteiger charge is 2.29. The van der Waals surface area contributed by atoms with Crippen LogP contribution in [0.5, 0.6) is 0 Å². The van der Waals surface area contributed by atoms with Crippen LogP contribution in [0.2, 0.25) is 0 Å². The second-order valence-corrected chi connectivity index (χ2v) is 6.57. The number of aromatic nitrogens is 4. The summed E-state index contributed by atoms with van der Waals surface area (Å²) in [5, 5.41) is 7.04. The Kier molecular flexibility index (Phi) is 5.86. The summed E-state index contributed by atoms with van der Waals surface area (Å²) in [6.07, 6.45) is 9.37. The molecule has 1 atom stereocenters. The number of imidazole rings is 1. The van der Waals surface area contributed by atoms with E-state index in [-0.39, 0.29) is 11.8 Å². The zero-order valence-corrected chi connectivity index (χ0v) is 15.1. The van der Waals surface area contributed by atoms with Crippen molar-refractivity contribution in [3.8, 4) is 0 Å². The molecule has 0 radical (unpaired) electrons. The molecule has 1 amide bonds. The van der Waals surface area contributed by atoms with Crippen LogP contribution in [0.3, 0.4) is 0 Å². The number of nitrogens with zero attached hydrogens (tertiary/aromatic N) is 4. The van der Waals surface area contributed by atoms with Gasteiger partial charge < -0.3 is 14.2 Å². The normalized spacial score (nSPS) is 17.8. The summed E-state index contributed by atoms with van der Waals surface area (Å²) in [6.45, 7) is 5.06. The van der Waals surface area contributed by atoms with E-state index >= 15 is 0 Å². The zero-order valence-electron chi connectivity index (χ0n) is 15.1. The molecule has 2 aromatic heterocycles. The monoisotopic (exact) mass is 345 g/mol. The van der Waals surface area contributed by atoms with Crippen LogP contribution in [0.15, 0.2) is 18.6 Å². The van der Waals surface area contributed by atoms with Gasteiger partial charge in [-0.2, -0.15) is 5.10 Å². The molecule has 0 spiro atoms. The van der Waals surface area contributed by atoms with Crippen molar-refractivity contribution in [3.05, 3.63) is 35.7 Å². The number of piperidine rings is 1. The molecular weight excluding hydrogens is 318 g/mol. The number of H-pyrrole nitrogens is 1. The Labute approximate surface area is 148 Å². The number of nitrogens with one attached hydrogen (secondary N) is 1. The lowest BCUT2D eigenvalue weighted by molar-refractivity contribution is 0.0701. The van der Waals surface area contributed by atoms with Crippen LogP contribution in [0.4, 0.5) is 0 Å². The van der Waals surface area contributed by atoms with E-state index in [0.29, 0.717) is 18.7 Å². The smallest absolute Gasteiger partial charge is 0.257 e. The fourth-order valence-corrected chi connectivity index (χ4v) is 3.54. The number of carbonyl (C=O) groups excluding carboxylic acids is 1. The molecule has 1 fully saturated rings. The van der Waals surface area contributed by atoms with Gasteiger partial charge in [-0.3, -0.25) is 9.89 Å². The van der Waals surface area contributed by atoms with Gasteiger partial charge in [-0.25, -0.2) is 4.98 Å². The highest BCUT2D eigenvalue weighted by molar-refractivity contribution is 5.95. The average Bonchev–Trinajstić information content (AvgIpc) is 3.29. The summed E-state index contributed by atoms with van der Waals surface area (Å²) < 4.78 is 7.32. The number of ether oxygens (including phenoxy) is 1. The fraction of sp³-hybridized carbons (Fsp3) is 0.611. The summed E-state index contributed by atoms with van der Waals surface area (Å²) in [5.41, 5.74) is 1.65. The van der Waals surface area contributed by atoms with Crippen molar-refractivity contribution in [1.29, 1.82) is 0 Å². The molecule has 0 aromatic carbocycles. The summed E-state index contributed by atoms with van der Waals surface area (Å²) in [7, 11) is 1.70. The van der Waals surface area contributed by atoms with E-state index in [1.54, 1.807) is 13.3 Å². The molecule has 0 unspecified atom stereocenters. The minimum Gasteiger partial charge on any atom is -0.383 e. The Bertz CT molecular complexity index is 693. The molecule has 3 heterocycles. The minimum atomic E-state index is 0.0805. The molecule has 3 rings (SSSR count). The third kappa shape index (κ3) is 3.92. The van der Waals surface area contributed by atoms with Gasteiger partial charge >= 0.3 is 0 Å². The molecule has 0 saturated carbocycles. The number of hydrogen-bond acceptors (Lipinski definition) is 4. The Morgan fingerprint density at radius 3 is 3.16 bits per heavy atom. The van der Waals surface area contributed by atoms with Crippen molar-refractivity contribution in [1.82, 2.24) is 24.6 Å². The van der Waals surface area contributed by atoms with E-state index in [9.17, 15) is 4.79 Å². The van der Waals surface area contributed by atoms with E-state index in [2.05, 4.69) is 26.7 Å². The number of aryl methyl sites for hydroxylation is 1. The van der Waals surface area contributed by atoms with Crippen molar-refractivity contribution in [3.63, 3.8) is 0 Å². The van der Waals surface area contributed by atoms with Gasteiger partial charge in [0.1, 0.15) is 5.82 Å². The molecular formula is C18H27N5O2. The van der Waals surface area contributed by atoms with Gasteiger partial charge in [0.05, 0.1) is 18.4 Å². The van der Waals surface area contributed by atoms with E-state index in [4.69, 9.17) is 4.74 Å². The number of likely N-dealkylation sites (tertiary alicyclic amines) is 1. The first kappa shape index (κ1) is 17.7. The molecule has 7 heteroatoms. The number of aromatic amines is 1. The van der Waals surface area contributed by atoms with Gasteiger partial charge in [-0.1, -0.05) is 13.3 Å². The Morgan fingerprint density at radius 2 is 2.36 bits per heavy atom. The molecule has 1 N–H and O–H groups in total. The van der Waals surface area contributed by atoms with E-state index in [1.165, 1.54) is 0 Å². The Hall–Kier alpha value is -2.15. The molecule has 7 nitrogen and oxygen atoms in total. The van der Waals surface area contributed by atoms with E-state index in [1.807, 2.05) is 17.3 Å². The SMILES string of the molecule is CCCc1[nH]ncc1C(=O)N1CCC[C@@H](c2nccn2CCOC)C1. The summed E-state index contributed by atoms with van der Waals surface area (Å²) in [4.78, 5) is 19.4. The van der Waals surface area contributed by atoms with Crippen LogP contribution in [0.1, 0.15) is 54.0 Å². The highest BCUT2D eigenvalue weighted by atomic mass is 16.5. The lowest BCUT2D eigenvalue weighted by atomic mass is 9.96. The quantitative estimate of drug-likeness (QED) is 0.835. The first-order valence-electron chi connectivity index (χ1n) is 9.06. The lowest BCUT2D eigenvalue weighted by Gasteiger charge is -2.32. The van der Waals surface area contributed by atoms with Crippen LogP contribution < -0.4 is 0 Å². The molecule has 136 valence electrons. The molecule has 0 bridgehead atoms. The maximum absolute atomic E-state index is 12.9. The lowest BCUT2D eigenvalue weighted by Crippen LogP contribution is -2.40. The van der Waals surface area contributed by atoms with Crippen molar-refractivity contribution < 1.29 is 9.53 Å². The first-order chi connectivity index (χ1) is 12.2. The van der Waals surface area contributed by atoms with Gasteiger partial charge in [-0.15, -0.1) is 0 Å². The number of carbonyl (C=O) groups is 1. The second-order valence-electron chi connectivity index (χ2n) is 6.57. The molecule has 0 aliphatic carbocycles. The van der Waals surface area contributed by atoms with Gasteiger partial charge in [0.25, 0.3) is 5.91 Å². The third-order valence-electron chi connectivity index (χ3n) is 4.81. The zero-order chi connectivity index (χ0) is 17.6. The highest BCUT2D eigenvalue weighted by Crippen LogP contribution is 2.27. The van der Waals surface area contributed by atoms with Crippen molar-refractivity contribution >= 4 is 5.91 Å². The maximum Gasteiger partial charge on any atom is 0.257 e. The van der Waals surface area contributed by atoms with Gasteiger partial charge in [0.2, 0.25) is 0 Å². The number of hydrogen-bond donors (Lipinski definition) is 1. The van der Waals surface area contributed by atoms with Gasteiger partial charge in [0, 0.05) is 50.7 Å². The second kappa shape index (κ2) is 8.29. The number of methoxy groups -OCH3 is 1. The number of rotatable bonds is 7. The summed E-state index contributed by atoms with van der Waals surface area (Å²) in [6, 6.07) is 0. The summed E-state index contributed by atoms with van der Waals surface area (Å²) >= 11 is 0. The maximum atomic E-state index is 12.9. The molecule has 2 aromatic rings. The van der Waals surface area contributed by atoms with E-state index in [0.717, 1.165) is 50.3 Å². The van der Waals surface area contributed by atoms with Crippen LogP contribution >= 0.6 is 0 Å². The van der Waals surface area contributed by atoms with Crippen molar-refractivity contribution in [2.24, 2.45) is 0 Å². The minimum absolute atomic E-state index is 0.0805. The topological polar surface area (TPSA) is 76.0 Å². The predicted molar refractivity (Wildman–Crippen MR) is 94.6 cm³/mol. The van der Waals surface area contributed by atoms with Crippen LogP contribution in [-0.4, -0.2) is 57.4 Å². The van der Waals surface area contributed by atoms with Crippen molar-refractivity contribution in [2.75, 3.05) is 26.8 Å². The van der Waals surface area contributed by atoms with E-state index < -0.39 is 0 Å². The standard InChI is InChI=1S/C18H27N5O2/c1-3-5-16-15(12-20-21-16)18(24)23-8-4-6-14(13-23)17-19-7-9-22(17)10-11-25-2/h7,9,12,14H,3-6,8,10-11,13H2,1-2H3,(H,20,21)/t14-/m1/s1. The predicted octanol–water partition coefficient (Wildman–Crippen LogP) is 2.22. The molecule has 1 aliphatic heterocycles. The summed E-state index contributed by atoms with van der Waals surface area (Å²) in [5.74, 6) is 1.40. The largest absolute Gasteiger partial charge is 0.383 e. The molecule has 25 heavy (non-hydrogen) atoms.